The van der Waals surface area contributed by atoms with Crippen LogP contribution in [0.4, 0.5) is 5.69 Å². The largest absolute Gasteiger partial charge is 0.398 e. The van der Waals surface area contributed by atoms with Gasteiger partial charge in [-0.05, 0) is 58.4 Å². The van der Waals surface area contributed by atoms with Crippen molar-refractivity contribution in [3.8, 4) is 0 Å². The summed E-state index contributed by atoms with van der Waals surface area (Å²) < 4.78 is 1.03. The lowest BCUT2D eigenvalue weighted by molar-refractivity contribution is 0.185. The molecule has 1 fully saturated rings. The molecule has 0 saturated heterocycles. The summed E-state index contributed by atoms with van der Waals surface area (Å²) in [6.07, 6.45) is 6.80. The molecule has 0 aliphatic heterocycles. The molecule has 1 aromatic rings. The molecule has 0 amide bonds. The maximum absolute atomic E-state index is 6.30. The Bertz CT molecular complexity index is 485. The van der Waals surface area contributed by atoms with Crippen LogP contribution in [0.25, 0.3) is 0 Å². The number of nitrogens with two attached hydrogens (primary N) is 1. The van der Waals surface area contributed by atoms with E-state index in [0.717, 1.165) is 22.7 Å². The maximum Gasteiger partial charge on any atom is 0.0504 e. The average molecular weight is 353 g/mol. The van der Waals surface area contributed by atoms with Crippen LogP contribution in [0.15, 0.2) is 16.6 Å². The number of hydrogen-bond donors (Lipinski definition) is 1. The number of halogens is 1. The summed E-state index contributed by atoms with van der Waals surface area (Å²) in [5, 5.41) is 0. The summed E-state index contributed by atoms with van der Waals surface area (Å²) >= 11 is 3.63. The fourth-order valence-corrected chi connectivity index (χ4v) is 3.66. The van der Waals surface area contributed by atoms with Crippen molar-refractivity contribution in [3.63, 3.8) is 0 Å². The summed E-state index contributed by atoms with van der Waals surface area (Å²) in [5.74, 6) is 0. The van der Waals surface area contributed by atoms with Gasteiger partial charge in [0.1, 0.15) is 0 Å². The number of anilines is 1. The fraction of sp³-hybridized carbons (Fsp3) is 0.667. The van der Waals surface area contributed by atoms with Crippen molar-refractivity contribution in [1.82, 2.24) is 4.90 Å². The topological polar surface area (TPSA) is 29.3 Å². The highest BCUT2D eigenvalue weighted by Crippen LogP contribution is 2.33. The van der Waals surface area contributed by atoms with Crippen LogP contribution in [0.5, 0.6) is 0 Å². The Labute approximate surface area is 138 Å². The number of hydrogen-bond acceptors (Lipinski definition) is 2. The van der Waals surface area contributed by atoms with Crippen molar-refractivity contribution in [2.24, 2.45) is 0 Å². The Balaban J connectivity index is 2.20. The minimum Gasteiger partial charge on any atom is -0.398 e. The molecule has 0 aromatic heterocycles. The molecule has 1 aromatic carbocycles. The van der Waals surface area contributed by atoms with Gasteiger partial charge < -0.3 is 5.73 Å². The first-order valence-electron chi connectivity index (χ1n) is 8.07. The fourth-order valence-electron chi connectivity index (χ4n) is 3.16. The van der Waals surface area contributed by atoms with Crippen LogP contribution in [0.2, 0.25) is 0 Å². The summed E-state index contributed by atoms with van der Waals surface area (Å²) in [5.41, 5.74) is 9.94. The second-order valence-electron chi connectivity index (χ2n) is 7.49. The molecule has 2 nitrogen and oxygen atoms in total. The second kappa shape index (κ2) is 6.70. The minimum atomic E-state index is 0.147. The quantitative estimate of drug-likeness (QED) is 0.767. The van der Waals surface area contributed by atoms with Crippen LogP contribution in [0.1, 0.15) is 64.0 Å². The smallest absolute Gasteiger partial charge is 0.0504 e. The third kappa shape index (κ3) is 4.23. The number of nitrogens with zero attached hydrogens (tertiary/aromatic N) is 1. The second-order valence-corrected chi connectivity index (χ2v) is 8.34. The van der Waals surface area contributed by atoms with E-state index in [1.807, 2.05) is 0 Å². The molecule has 0 unspecified atom stereocenters. The molecule has 0 atom stereocenters. The SMILES string of the molecule is CN(Cc1cc(C(C)(C)C)cc(Br)c1N)C1CCCCC1. The first-order valence-corrected chi connectivity index (χ1v) is 8.87. The van der Waals surface area contributed by atoms with E-state index in [0.29, 0.717) is 0 Å². The lowest BCUT2D eigenvalue weighted by Crippen LogP contribution is -2.33. The molecular formula is C18H29BrN2. The van der Waals surface area contributed by atoms with E-state index < -0.39 is 0 Å². The van der Waals surface area contributed by atoms with E-state index in [4.69, 9.17) is 5.73 Å². The third-order valence-electron chi connectivity index (χ3n) is 4.70. The number of benzene rings is 1. The molecule has 2 rings (SSSR count). The summed E-state index contributed by atoms with van der Waals surface area (Å²) in [7, 11) is 2.24. The van der Waals surface area contributed by atoms with Crippen LogP contribution in [-0.4, -0.2) is 18.0 Å². The molecule has 1 aliphatic carbocycles. The predicted molar refractivity (Wildman–Crippen MR) is 95.6 cm³/mol. The van der Waals surface area contributed by atoms with Crippen LogP contribution in [-0.2, 0) is 12.0 Å². The van der Waals surface area contributed by atoms with E-state index in [1.165, 1.54) is 43.2 Å². The highest BCUT2D eigenvalue weighted by molar-refractivity contribution is 9.10. The lowest BCUT2D eigenvalue weighted by Gasteiger charge is -2.32. The standard InChI is InChI=1S/C18H29BrN2/c1-18(2,3)14-10-13(17(20)16(19)11-14)12-21(4)15-8-6-5-7-9-15/h10-11,15H,5-9,12,20H2,1-4H3. The van der Waals surface area contributed by atoms with Gasteiger partial charge in [-0.3, -0.25) is 4.90 Å². The summed E-state index contributed by atoms with van der Waals surface area (Å²) in [4.78, 5) is 2.49. The van der Waals surface area contributed by atoms with Crippen molar-refractivity contribution in [1.29, 1.82) is 0 Å². The van der Waals surface area contributed by atoms with Crippen molar-refractivity contribution in [2.75, 3.05) is 12.8 Å². The van der Waals surface area contributed by atoms with Crippen molar-refractivity contribution in [3.05, 3.63) is 27.7 Å². The Hall–Kier alpha value is -0.540. The third-order valence-corrected chi connectivity index (χ3v) is 5.36. The highest BCUT2D eigenvalue weighted by atomic mass is 79.9. The Kier molecular flexibility index (Phi) is 5.37. The van der Waals surface area contributed by atoms with Gasteiger partial charge in [-0.1, -0.05) is 46.1 Å². The molecule has 2 N–H and O–H groups in total. The molecule has 0 heterocycles. The van der Waals surface area contributed by atoms with Gasteiger partial charge in [-0.25, -0.2) is 0 Å². The normalized spacial score (nSPS) is 17.4. The van der Waals surface area contributed by atoms with Gasteiger partial charge in [0, 0.05) is 17.1 Å². The molecule has 0 radical (unpaired) electrons. The first kappa shape index (κ1) is 16.8. The molecule has 0 bridgehead atoms. The van der Waals surface area contributed by atoms with Crippen LogP contribution >= 0.6 is 15.9 Å². The highest BCUT2D eigenvalue weighted by Gasteiger charge is 2.21. The van der Waals surface area contributed by atoms with Gasteiger partial charge in [-0.2, -0.15) is 0 Å². The van der Waals surface area contributed by atoms with Gasteiger partial charge in [0.05, 0.1) is 5.69 Å². The molecule has 3 heteroatoms. The average Bonchev–Trinajstić information content (AvgIpc) is 2.43. The van der Waals surface area contributed by atoms with Crippen LogP contribution in [0, 0.1) is 0 Å². The number of rotatable bonds is 3. The molecule has 118 valence electrons. The minimum absolute atomic E-state index is 0.147. The Morgan fingerprint density at radius 2 is 1.81 bits per heavy atom. The van der Waals surface area contributed by atoms with Crippen LogP contribution < -0.4 is 5.73 Å². The van der Waals surface area contributed by atoms with Crippen LogP contribution in [0.3, 0.4) is 0 Å². The Morgan fingerprint density at radius 3 is 2.38 bits per heavy atom. The van der Waals surface area contributed by atoms with Crippen molar-refractivity contribution >= 4 is 21.6 Å². The zero-order valence-electron chi connectivity index (χ0n) is 13.9. The van der Waals surface area contributed by atoms with Gasteiger partial charge >= 0.3 is 0 Å². The number of nitrogen functional groups attached to an aromatic ring is 1. The lowest BCUT2D eigenvalue weighted by atomic mass is 9.85. The predicted octanol–water partition coefficient (Wildman–Crippen LogP) is 5.09. The van der Waals surface area contributed by atoms with Gasteiger partial charge in [0.25, 0.3) is 0 Å². The van der Waals surface area contributed by atoms with E-state index in [-0.39, 0.29) is 5.41 Å². The molecule has 1 aliphatic rings. The molecule has 1 saturated carbocycles. The zero-order valence-corrected chi connectivity index (χ0v) is 15.5. The Morgan fingerprint density at radius 1 is 1.19 bits per heavy atom. The summed E-state index contributed by atoms with van der Waals surface area (Å²) in [6.45, 7) is 7.69. The van der Waals surface area contributed by atoms with Crippen molar-refractivity contribution in [2.45, 2.75) is 70.9 Å². The molecule has 0 spiro atoms. The van der Waals surface area contributed by atoms with Crippen molar-refractivity contribution < 1.29 is 0 Å². The maximum atomic E-state index is 6.30. The van der Waals surface area contributed by atoms with E-state index in [2.05, 4.69) is 60.8 Å². The first-order chi connectivity index (χ1) is 9.79. The van der Waals surface area contributed by atoms with Gasteiger partial charge in [0.2, 0.25) is 0 Å². The summed E-state index contributed by atoms with van der Waals surface area (Å²) in [6, 6.07) is 5.17. The van der Waals surface area contributed by atoms with E-state index in [1.54, 1.807) is 0 Å². The van der Waals surface area contributed by atoms with E-state index >= 15 is 0 Å². The molecular weight excluding hydrogens is 324 g/mol. The monoisotopic (exact) mass is 352 g/mol. The van der Waals surface area contributed by atoms with E-state index in [9.17, 15) is 0 Å². The van der Waals surface area contributed by atoms with Gasteiger partial charge in [0.15, 0.2) is 0 Å². The molecule has 21 heavy (non-hydrogen) atoms. The zero-order chi connectivity index (χ0) is 15.6. The van der Waals surface area contributed by atoms with Gasteiger partial charge in [-0.15, -0.1) is 0 Å².